The highest BCUT2D eigenvalue weighted by molar-refractivity contribution is 5.84. The fourth-order valence-corrected chi connectivity index (χ4v) is 4.56. The highest BCUT2D eigenvalue weighted by atomic mass is 16.5. The van der Waals surface area contributed by atoms with Crippen molar-refractivity contribution in [1.29, 1.82) is 0 Å². The van der Waals surface area contributed by atoms with Gasteiger partial charge in [-0.25, -0.2) is 0 Å². The third-order valence-electron chi connectivity index (χ3n) is 6.32. The minimum atomic E-state index is -0.747. The SMILES string of the molecule is CCCCC(O)CCC[C@H]1[C@H](OCCCCO)CC(=O)[C@@H]1CCCCCCC(=O)O. The standard InChI is InChI=1S/C24H44O6/c1-2-3-11-19(26)12-10-14-21-20(13-6-4-5-7-15-24(28)29)22(27)18-23(21)30-17-9-8-16-25/h19-21,23,25-26H,2-18H2,1H3,(H,28,29)/t19?,20-,21-,23-/m1/s1. The zero-order valence-corrected chi connectivity index (χ0v) is 18.9. The highest BCUT2D eigenvalue weighted by Crippen LogP contribution is 2.38. The van der Waals surface area contributed by atoms with Crippen LogP contribution in [-0.4, -0.2) is 52.5 Å². The van der Waals surface area contributed by atoms with Gasteiger partial charge in [-0.1, -0.05) is 45.4 Å². The molecule has 176 valence electrons. The van der Waals surface area contributed by atoms with E-state index < -0.39 is 5.97 Å². The number of ether oxygens (including phenoxy) is 1. The second-order valence-electron chi connectivity index (χ2n) is 8.85. The molecule has 3 N–H and O–H groups in total. The fourth-order valence-electron chi connectivity index (χ4n) is 4.56. The van der Waals surface area contributed by atoms with Gasteiger partial charge in [0.05, 0.1) is 12.2 Å². The molecular formula is C24H44O6. The Bertz CT molecular complexity index is 467. The first-order valence-corrected chi connectivity index (χ1v) is 12.1. The van der Waals surface area contributed by atoms with Gasteiger partial charge in [0, 0.05) is 32.0 Å². The number of carboxylic acids is 1. The lowest BCUT2D eigenvalue weighted by atomic mass is 9.85. The molecule has 0 spiro atoms. The van der Waals surface area contributed by atoms with Gasteiger partial charge in [-0.15, -0.1) is 0 Å². The Morgan fingerprint density at radius 1 is 1.03 bits per heavy atom. The Kier molecular flexibility index (Phi) is 15.0. The molecular weight excluding hydrogens is 384 g/mol. The number of hydrogen-bond donors (Lipinski definition) is 3. The number of unbranched alkanes of at least 4 members (excludes halogenated alkanes) is 5. The second-order valence-corrected chi connectivity index (χ2v) is 8.85. The Balaban J connectivity index is 2.49. The Hall–Kier alpha value is -0.980. The molecule has 0 bridgehead atoms. The molecule has 1 aliphatic carbocycles. The number of rotatable bonds is 19. The minimum absolute atomic E-state index is 0.0279. The van der Waals surface area contributed by atoms with Crippen molar-refractivity contribution in [1.82, 2.24) is 0 Å². The zero-order valence-electron chi connectivity index (χ0n) is 18.9. The van der Waals surface area contributed by atoms with Crippen LogP contribution in [0.3, 0.4) is 0 Å². The zero-order chi connectivity index (χ0) is 22.2. The predicted octanol–water partition coefficient (Wildman–Crippen LogP) is 4.50. The van der Waals surface area contributed by atoms with Crippen LogP contribution < -0.4 is 0 Å². The highest BCUT2D eigenvalue weighted by Gasteiger charge is 2.41. The maximum atomic E-state index is 12.7. The van der Waals surface area contributed by atoms with Gasteiger partial charge in [0.1, 0.15) is 5.78 Å². The van der Waals surface area contributed by atoms with Crippen molar-refractivity contribution in [3.05, 3.63) is 0 Å². The number of aliphatic hydroxyl groups excluding tert-OH is 2. The first kappa shape index (κ1) is 27.1. The molecule has 1 rings (SSSR count). The summed E-state index contributed by atoms with van der Waals surface area (Å²) in [5.41, 5.74) is 0. The lowest BCUT2D eigenvalue weighted by molar-refractivity contribution is -0.137. The van der Waals surface area contributed by atoms with E-state index in [9.17, 15) is 14.7 Å². The molecule has 6 nitrogen and oxygen atoms in total. The molecule has 1 aliphatic rings. The molecule has 1 saturated carbocycles. The topological polar surface area (TPSA) is 104 Å². The number of carboxylic acid groups (broad SMARTS) is 1. The minimum Gasteiger partial charge on any atom is -0.481 e. The van der Waals surface area contributed by atoms with E-state index in [1.165, 1.54) is 0 Å². The van der Waals surface area contributed by atoms with Gasteiger partial charge < -0.3 is 20.1 Å². The third kappa shape index (κ3) is 11.4. The van der Waals surface area contributed by atoms with Crippen molar-refractivity contribution in [3.63, 3.8) is 0 Å². The van der Waals surface area contributed by atoms with E-state index in [1.54, 1.807) is 0 Å². The van der Waals surface area contributed by atoms with Crippen molar-refractivity contribution < 1.29 is 29.6 Å². The maximum absolute atomic E-state index is 12.7. The summed E-state index contributed by atoms with van der Waals surface area (Å²) in [6, 6.07) is 0. The molecule has 1 fully saturated rings. The van der Waals surface area contributed by atoms with Crippen LogP contribution in [0, 0.1) is 11.8 Å². The average molecular weight is 429 g/mol. The average Bonchev–Trinajstić information content (AvgIpc) is 3.00. The van der Waals surface area contributed by atoms with Gasteiger partial charge in [0.25, 0.3) is 0 Å². The normalized spacial score (nSPS) is 22.5. The van der Waals surface area contributed by atoms with Crippen molar-refractivity contribution >= 4 is 11.8 Å². The van der Waals surface area contributed by atoms with Gasteiger partial charge >= 0.3 is 5.97 Å². The fraction of sp³-hybridized carbons (Fsp3) is 0.917. The van der Waals surface area contributed by atoms with Crippen molar-refractivity contribution in [2.75, 3.05) is 13.2 Å². The second kappa shape index (κ2) is 16.7. The Labute approximate surface area is 182 Å². The van der Waals surface area contributed by atoms with Crippen LogP contribution in [0.15, 0.2) is 0 Å². The van der Waals surface area contributed by atoms with Crippen LogP contribution in [0.4, 0.5) is 0 Å². The predicted molar refractivity (Wildman–Crippen MR) is 117 cm³/mol. The molecule has 0 radical (unpaired) electrons. The molecule has 0 aliphatic heterocycles. The number of ketones is 1. The molecule has 0 saturated heterocycles. The summed E-state index contributed by atoms with van der Waals surface area (Å²) in [5, 5.41) is 27.8. The summed E-state index contributed by atoms with van der Waals surface area (Å²) < 4.78 is 6.05. The molecule has 0 amide bonds. The number of hydrogen-bond acceptors (Lipinski definition) is 5. The van der Waals surface area contributed by atoms with E-state index in [1.807, 2.05) is 0 Å². The molecule has 6 heteroatoms. The summed E-state index contributed by atoms with van der Waals surface area (Å²) in [4.78, 5) is 23.3. The molecule has 4 atom stereocenters. The number of aliphatic carboxylic acids is 1. The van der Waals surface area contributed by atoms with E-state index in [2.05, 4.69) is 6.92 Å². The summed E-state index contributed by atoms with van der Waals surface area (Å²) in [7, 11) is 0. The van der Waals surface area contributed by atoms with Crippen LogP contribution in [0.2, 0.25) is 0 Å². The van der Waals surface area contributed by atoms with E-state index in [4.69, 9.17) is 14.9 Å². The summed E-state index contributed by atoms with van der Waals surface area (Å²) in [6.45, 7) is 2.87. The lowest BCUT2D eigenvalue weighted by Crippen LogP contribution is -2.24. The summed E-state index contributed by atoms with van der Waals surface area (Å²) in [5.74, 6) is -0.211. The van der Waals surface area contributed by atoms with Gasteiger partial charge in [-0.2, -0.15) is 0 Å². The first-order valence-electron chi connectivity index (χ1n) is 12.1. The largest absolute Gasteiger partial charge is 0.481 e. The molecule has 0 aromatic rings. The Morgan fingerprint density at radius 2 is 1.77 bits per heavy atom. The lowest BCUT2D eigenvalue weighted by Gasteiger charge is -2.25. The number of carbonyl (C=O) groups excluding carboxylic acids is 1. The van der Waals surface area contributed by atoms with Crippen LogP contribution in [0.5, 0.6) is 0 Å². The van der Waals surface area contributed by atoms with Crippen LogP contribution in [-0.2, 0) is 14.3 Å². The van der Waals surface area contributed by atoms with E-state index in [0.29, 0.717) is 31.7 Å². The molecule has 0 heterocycles. The van der Waals surface area contributed by atoms with Crippen LogP contribution >= 0.6 is 0 Å². The van der Waals surface area contributed by atoms with E-state index in [0.717, 1.165) is 70.6 Å². The Morgan fingerprint density at radius 3 is 2.47 bits per heavy atom. The third-order valence-corrected chi connectivity index (χ3v) is 6.32. The van der Waals surface area contributed by atoms with Gasteiger partial charge in [0.2, 0.25) is 0 Å². The van der Waals surface area contributed by atoms with E-state index in [-0.39, 0.29) is 37.1 Å². The first-order chi connectivity index (χ1) is 14.5. The van der Waals surface area contributed by atoms with Crippen molar-refractivity contribution in [2.24, 2.45) is 11.8 Å². The van der Waals surface area contributed by atoms with Crippen LogP contribution in [0.1, 0.15) is 103 Å². The smallest absolute Gasteiger partial charge is 0.303 e. The number of aliphatic hydroxyl groups is 2. The van der Waals surface area contributed by atoms with Crippen LogP contribution in [0.25, 0.3) is 0 Å². The van der Waals surface area contributed by atoms with Crippen molar-refractivity contribution in [2.45, 2.75) is 115 Å². The summed E-state index contributed by atoms with van der Waals surface area (Å²) >= 11 is 0. The van der Waals surface area contributed by atoms with Gasteiger partial charge in [0.15, 0.2) is 0 Å². The number of Topliss-reactive ketones (excluding diaryl/α,β-unsaturated/α-hetero) is 1. The van der Waals surface area contributed by atoms with Gasteiger partial charge in [-0.05, 0) is 50.9 Å². The molecule has 1 unspecified atom stereocenters. The quantitative estimate of drug-likeness (QED) is 0.262. The molecule has 0 aromatic carbocycles. The van der Waals surface area contributed by atoms with E-state index >= 15 is 0 Å². The van der Waals surface area contributed by atoms with Gasteiger partial charge in [-0.3, -0.25) is 9.59 Å². The molecule has 0 aromatic heterocycles. The van der Waals surface area contributed by atoms with Crippen molar-refractivity contribution in [3.8, 4) is 0 Å². The maximum Gasteiger partial charge on any atom is 0.303 e. The molecule has 30 heavy (non-hydrogen) atoms. The number of carbonyl (C=O) groups is 2. The summed E-state index contributed by atoms with van der Waals surface area (Å²) in [6.07, 6.45) is 11.9. The monoisotopic (exact) mass is 428 g/mol.